The largest absolute Gasteiger partial charge is 0.465 e. The highest BCUT2D eigenvalue weighted by Crippen LogP contribution is 2.52. The number of methoxy groups -OCH3 is 1. The molecule has 2 aliphatic carbocycles. The maximum absolute atomic E-state index is 12.6. The van der Waals surface area contributed by atoms with E-state index in [2.05, 4.69) is 5.10 Å². The number of rotatable bonds is 4. The topological polar surface area (TPSA) is 89.2 Å². The van der Waals surface area contributed by atoms with Crippen molar-refractivity contribution in [2.24, 2.45) is 28.8 Å². The number of carbonyl (C=O) groups is 3. The molecule has 1 aromatic heterocycles. The molecule has 2 bridgehead atoms. The monoisotopic (exact) mass is 390 g/mol. The predicted molar refractivity (Wildman–Crippen MR) is 103 cm³/mol. The highest BCUT2D eigenvalue weighted by atomic mass is 16.5. The quantitative estimate of drug-likeness (QED) is 0.347. The number of fused-ring (bicyclic) bond motifs is 5. The molecule has 29 heavy (non-hydrogen) atoms. The molecule has 2 heterocycles. The smallest absolute Gasteiger partial charge is 0.337 e. The predicted octanol–water partition coefficient (Wildman–Crippen LogP) is 2.87. The van der Waals surface area contributed by atoms with E-state index in [-0.39, 0.29) is 35.5 Å². The summed E-state index contributed by atoms with van der Waals surface area (Å²) in [5.41, 5.74) is 1.12. The van der Waals surface area contributed by atoms with Gasteiger partial charge in [0.15, 0.2) is 0 Å². The fourth-order valence-electron chi connectivity index (χ4n) is 4.61. The molecule has 0 unspecified atom stereocenters. The van der Waals surface area contributed by atoms with Gasteiger partial charge in [-0.25, -0.2) is 4.79 Å². The van der Waals surface area contributed by atoms with Crippen molar-refractivity contribution in [2.45, 2.75) is 6.42 Å². The van der Waals surface area contributed by atoms with Gasteiger partial charge in [0.1, 0.15) is 11.5 Å². The van der Waals surface area contributed by atoms with Crippen LogP contribution in [-0.4, -0.2) is 36.1 Å². The van der Waals surface area contributed by atoms with Crippen molar-refractivity contribution in [3.8, 4) is 11.3 Å². The van der Waals surface area contributed by atoms with E-state index in [1.165, 1.54) is 13.3 Å². The van der Waals surface area contributed by atoms with Crippen LogP contribution in [0.3, 0.4) is 0 Å². The highest BCUT2D eigenvalue weighted by Gasteiger charge is 2.59. The molecule has 1 saturated heterocycles. The minimum Gasteiger partial charge on any atom is -0.465 e. The number of amides is 2. The Labute approximate surface area is 166 Å². The number of esters is 1. The molecular formula is C22H18N2O5. The van der Waals surface area contributed by atoms with Crippen LogP contribution in [0.5, 0.6) is 0 Å². The zero-order chi connectivity index (χ0) is 20.1. The molecule has 2 amide bonds. The van der Waals surface area contributed by atoms with Gasteiger partial charge in [-0.2, -0.15) is 10.1 Å². The van der Waals surface area contributed by atoms with Gasteiger partial charge in [0.05, 0.1) is 30.7 Å². The molecule has 1 aliphatic heterocycles. The minimum atomic E-state index is -0.430. The van der Waals surface area contributed by atoms with Gasteiger partial charge in [-0.3, -0.25) is 9.59 Å². The standard InChI is InChI=1S/C22H18N2O5/c1-28-22(27)15-4-2-3-12(9-15)17-8-7-16(29-17)11-23-24-20(25)18-13-5-6-14(10-13)19(18)21(24)26/h2-9,11,13-14,18-19H,10H2,1H3/b23-11-/t13-,14-,18-,19-/m0/s1. The summed E-state index contributed by atoms with van der Waals surface area (Å²) in [6.45, 7) is 0. The zero-order valence-electron chi connectivity index (χ0n) is 15.6. The van der Waals surface area contributed by atoms with E-state index in [4.69, 9.17) is 9.15 Å². The van der Waals surface area contributed by atoms with E-state index < -0.39 is 5.97 Å². The second-order valence-electron chi connectivity index (χ2n) is 7.51. The van der Waals surface area contributed by atoms with Crippen LogP contribution in [0.1, 0.15) is 22.5 Å². The van der Waals surface area contributed by atoms with Gasteiger partial charge in [0, 0.05) is 5.56 Å². The summed E-state index contributed by atoms with van der Waals surface area (Å²) in [7, 11) is 1.33. The SMILES string of the molecule is COC(=O)c1cccc(-c2ccc(/C=N\N3C(=O)[C@@H]4[C@@H](C3=O)[C@H]3C=C[C@H]4C3)o2)c1. The van der Waals surface area contributed by atoms with Gasteiger partial charge in [-0.05, 0) is 42.5 Å². The number of allylic oxidation sites excluding steroid dienone is 2. The van der Waals surface area contributed by atoms with Crippen LogP contribution in [-0.2, 0) is 14.3 Å². The lowest BCUT2D eigenvalue weighted by Crippen LogP contribution is -2.28. The molecular weight excluding hydrogens is 372 g/mol. The number of hydrogen-bond donors (Lipinski definition) is 0. The molecule has 1 aromatic carbocycles. The molecule has 1 saturated carbocycles. The first-order chi connectivity index (χ1) is 14.1. The number of hydrazone groups is 1. The van der Waals surface area contributed by atoms with Crippen LogP contribution in [0.25, 0.3) is 11.3 Å². The second kappa shape index (κ2) is 6.55. The van der Waals surface area contributed by atoms with Crippen LogP contribution in [0.2, 0.25) is 0 Å². The van der Waals surface area contributed by atoms with Gasteiger partial charge >= 0.3 is 5.97 Å². The number of ether oxygens (including phenoxy) is 1. The van der Waals surface area contributed by atoms with E-state index in [9.17, 15) is 14.4 Å². The van der Waals surface area contributed by atoms with Crippen molar-refractivity contribution >= 4 is 24.0 Å². The van der Waals surface area contributed by atoms with Gasteiger partial charge in [0.25, 0.3) is 11.8 Å². The summed E-state index contributed by atoms with van der Waals surface area (Å²) in [6.07, 6.45) is 6.35. The molecule has 2 fully saturated rings. The van der Waals surface area contributed by atoms with Crippen LogP contribution in [0, 0.1) is 23.7 Å². The lowest BCUT2D eigenvalue weighted by atomic mass is 9.85. The Bertz CT molecular complexity index is 1050. The lowest BCUT2D eigenvalue weighted by molar-refractivity contribution is -0.140. The van der Waals surface area contributed by atoms with Crippen molar-refractivity contribution in [2.75, 3.05) is 7.11 Å². The van der Waals surface area contributed by atoms with E-state index in [1.54, 1.807) is 30.3 Å². The van der Waals surface area contributed by atoms with E-state index in [1.807, 2.05) is 18.2 Å². The first-order valence-electron chi connectivity index (χ1n) is 9.45. The normalized spacial score (nSPS) is 27.3. The van der Waals surface area contributed by atoms with Crippen molar-refractivity contribution < 1.29 is 23.5 Å². The van der Waals surface area contributed by atoms with E-state index in [0.29, 0.717) is 22.6 Å². The molecule has 3 aliphatic rings. The highest BCUT2D eigenvalue weighted by molar-refractivity contribution is 6.06. The fourth-order valence-corrected chi connectivity index (χ4v) is 4.61. The summed E-state index contributed by atoms with van der Waals surface area (Å²) < 4.78 is 10.5. The van der Waals surface area contributed by atoms with Crippen LogP contribution in [0.15, 0.2) is 58.1 Å². The molecule has 7 heteroatoms. The molecule has 0 spiro atoms. The third kappa shape index (κ3) is 2.73. The first kappa shape index (κ1) is 17.6. The average molecular weight is 390 g/mol. The van der Waals surface area contributed by atoms with Crippen molar-refractivity contribution in [1.29, 1.82) is 0 Å². The lowest BCUT2D eigenvalue weighted by Gasteiger charge is -2.13. The number of benzene rings is 1. The Morgan fingerprint density at radius 2 is 1.86 bits per heavy atom. The molecule has 4 atom stereocenters. The Morgan fingerprint density at radius 3 is 2.55 bits per heavy atom. The Kier molecular flexibility index (Phi) is 3.97. The molecule has 2 aromatic rings. The van der Waals surface area contributed by atoms with Gasteiger partial charge in [0.2, 0.25) is 0 Å². The Balaban J connectivity index is 1.35. The number of carbonyl (C=O) groups excluding carboxylic acids is 3. The van der Waals surface area contributed by atoms with Crippen LogP contribution < -0.4 is 0 Å². The van der Waals surface area contributed by atoms with Crippen LogP contribution in [0.4, 0.5) is 0 Å². The van der Waals surface area contributed by atoms with E-state index in [0.717, 1.165) is 11.4 Å². The average Bonchev–Trinajstić information content (AvgIpc) is 3.51. The van der Waals surface area contributed by atoms with Gasteiger partial charge < -0.3 is 9.15 Å². The number of furan rings is 1. The van der Waals surface area contributed by atoms with Crippen LogP contribution >= 0.6 is 0 Å². The number of imide groups is 1. The Morgan fingerprint density at radius 1 is 1.14 bits per heavy atom. The summed E-state index contributed by atoms with van der Waals surface area (Å²) in [6, 6.07) is 10.3. The number of nitrogens with zero attached hydrogens (tertiary/aromatic N) is 2. The second-order valence-corrected chi connectivity index (χ2v) is 7.51. The third-order valence-corrected chi connectivity index (χ3v) is 5.94. The van der Waals surface area contributed by atoms with Gasteiger partial charge in [-0.15, -0.1) is 0 Å². The summed E-state index contributed by atoms with van der Waals surface area (Å²) in [4.78, 5) is 37.0. The Hall–Kier alpha value is -3.48. The first-order valence-corrected chi connectivity index (χ1v) is 9.45. The molecule has 0 N–H and O–H groups in total. The fraction of sp³-hybridized carbons (Fsp3) is 0.273. The summed E-state index contributed by atoms with van der Waals surface area (Å²) in [5.74, 6) is -0.196. The molecule has 7 nitrogen and oxygen atoms in total. The van der Waals surface area contributed by atoms with Crippen molar-refractivity contribution in [3.63, 3.8) is 0 Å². The molecule has 0 radical (unpaired) electrons. The number of hydrogen-bond acceptors (Lipinski definition) is 6. The summed E-state index contributed by atoms with van der Waals surface area (Å²) >= 11 is 0. The van der Waals surface area contributed by atoms with Crippen molar-refractivity contribution in [3.05, 3.63) is 59.9 Å². The van der Waals surface area contributed by atoms with Crippen molar-refractivity contribution in [1.82, 2.24) is 5.01 Å². The maximum Gasteiger partial charge on any atom is 0.337 e. The molecule has 146 valence electrons. The third-order valence-electron chi connectivity index (χ3n) is 5.94. The molecule has 5 rings (SSSR count). The summed E-state index contributed by atoms with van der Waals surface area (Å²) in [5, 5.41) is 5.10. The van der Waals surface area contributed by atoms with Gasteiger partial charge in [-0.1, -0.05) is 24.3 Å². The van der Waals surface area contributed by atoms with E-state index >= 15 is 0 Å². The zero-order valence-corrected chi connectivity index (χ0v) is 15.6. The minimum absolute atomic E-state index is 0.152. The maximum atomic E-state index is 12.6.